The number of ether oxygens (including phenoxy) is 1. The van der Waals surface area contributed by atoms with Gasteiger partial charge in [0, 0.05) is 6.20 Å². The molecule has 1 aliphatic heterocycles. The van der Waals surface area contributed by atoms with Crippen LogP contribution in [0.15, 0.2) is 77.8 Å². The molecule has 0 unspecified atom stereocenters. The van der Waals surface area contributed by atoms with Crippen LogP contribution in [-0.4, -0.2) is 47.4 Å². The number of hydroxylamine groups is 2. The minimum atomic E-state index is -4.47. The molecule has 0 atom stereocenters. The van der Waals surface area contributed by atoms with E-state index in [1.165, 1.54) is 30.5 Å². The van der Waals surface area contributed by atoms with Gasteiger partial charge in [0.2, 0.25) is 0 Å². The monoisotopic (exact) mass is 607 g/mol. The van der Waals surface area contributed by atoms with Crippen molar-refractivity contribution in [2.45, 2.75) is 35.2 Å². The molecule has 0 aliphatic carbocycles. The van der Waals surface area contributed by atoms with E-state index in [2.05, 4.69) is 10.3 Å². The van der Waals surface area contributed by atoms with Gasteiger partial charge in [0.1, 0.15) is 11.5 Å². The maximum atomic E-state index is 13.8. The average molecular weight is 608 g/mol. The first-order valence-corrected chi connectivity index (χ1v) is 12.8. The van der Waals surface area contributed by atoms with Crippen LogP contribution in [0.1, 0.15) is 24.1 Å². The zero-order valence-electron chi connectivity index (χ0n) is 20.3. The molecule has 0 radical (unpaired) electrons. The summed E-state index contributed by atoms with van der Waals surface area (Å²) in [5, 5.41) is 14.0. The molecule has 0 bridgehead atoms. The van der Waals surface area contributed by atoms with Crippen molar-refractivity contribution in [3.8, 4) is 11.5 Å². The van der Waals surface area contributed by atoms with Crippen molar-refractivity contribution >= 4 is 40.6 Å². The Balaban J connectivity index is 0.00000267. The predicted octanol–water partition coefficient (Wildman–Crippen LogP) is 5.05. The highest BCUT2D eigenvalue weighted by molar-refractivity contribution is 7.93. The van der Waals surface area contributed by atoms with Crippen LogP contribution in [0.5, 0.6) is 11.5 Å². The zero-order chi connectivity index (χ0) is 26.7. The lowest BCUT2D eigenvalue weighted by Gasteiger charge is -2.37. The maximum absolute atomic E-state index is 13.8. The summed E-state index contributed by atoms with van der Waals surface area (Å²) in [5.74, 6) is -0.605. The molecule has 2 aromatic carbocycles. The number of nitrogens with zero attached hydrogens (tertiary/aromatic N) is 2. The molecule has 1 aromatic heterocycles. The van der Waals surface area contributed by atoms with Gasteiger partial charge >= 0.3 is 6.18 Å². The number of pyridine rings is 1. The minimum absolute atomic E-state index is 0. The first kappa shape index (κ1) is 32.3. The highest BCUT2D eigenvalue weighted by Crippen LogP contribution is 2.37. The second-order valence-corrected chi connectivity index (χ2v) is 10.8. The second-order valence-electron chi connectivity index (χ2n) is 8.53. The highest BCUT2D eigenvalue weighted by atomic mass is 35.5. The number of benzene rings is 2. The Hall–Kier alpha value is -2.90. The molecular weight excluding hydrogens is 582 g/mol. The van der Waals surface area contributed by atoms with Crippen molar-refractivity contribution in [1.29, 1.82) is 0 Å². The Morgan fingerprint density at radius 1 is 0.974 bits per heavy atom. The first-order chi connectivity index (χ1) is 17.5. The van der Waals surface area contributed by atoms with Crippen molar-refractivity contribution in [1.82, 2.24) is 15.4 Å². The van der Waals surface area contributed by atoms with Gasteiger partial charge in [-0.3, -0.25) is 15.0 Å². The lowest BCUT2D eigenvalue weighted by molar-refractivity contribution is -0.172. The van der Waals surface area contributed by atoms with Crippen LogP contribution in [0.3, 0.4) is 0 Å². The van der Waals surface area contributed by atoms with E-state index in [0.717, 1.165) is 24.3 Å². The molecule has 1 saturated heterocycles. The SMILES string of the molecule is Cl.Cl.O=C(N(O)Cc1ccccn1)C1(S(=O)(=O)c2ccc(Oc3ccc(C(F)(F)F)cc3)cc2)CCNCC1. The molecular formula is C25H26Cl2F3N3O5S. The van der Waals surface area contributed by atoms with Gasteiger partial charge in [-0.05, 0) is 86.6 Å². The van der Waals surface area contributed by atoms with Gasteiger partial charge in [0.25, 0.3) is 5.91 Å². The van der Waals surface area contributed by atoms with Crippen molar-refractivity contribution in [2.24, 2.45) is 0 Å². The summed E-state index contributed by atoms with van der Waals surface area (Å²) in [6.07, 6.45) is -3.06. The summed E-state index contributed by atoms with van der Waals surface area (Å²) in [4.78, 5) is 17.3. The van der Waals surface area contributed by atoms with E-state index in [1.807, 2.05) is 0 Å². The number of halogens is 5. The molecule has 0 saturated carbocycles. The molecule has 2 heterocycles. The number of hydrogen-bond donors (Lipinski definition) is 2. The maximum Gasteiger partial charge on any atom is 0.416 e. The fourth-order valence-corrected chi connectivity index (χ4v) is 6.16. The Kier molecular flexibility index (Phi) is 10.7. The number of sulfone groups is 1. The molecule has 0 spiro atoms. The second kappa shape index (κ2) is 13.0. The summed E-state index contributed by atoms with van der Waals surface area (Å²) >= 11 is 0. The molecule has 14 heteroatoms. The largest absolute Gasteiger partial charge is 0.457 e. The van der Waals surface area contributed by atoms with E-state index in [9.17, 15) is 31.6 Å². The smallest absolute Gasteiger partial charge is 0.416 e. The number of carbonyl (C=O) groups is 1. The predicted molar refractivity (Wildman–Crippen MR) is 141 cm³/mol. The molecule has 4 rings (SSSR count). The Morgan fingerprint density at radius 3 is 2.05 bits per heavy atom. The molecule has 212 valence electrons. The van der Waals surface area contributed by atoms with E-state index in [0.29, 0.717) is 10.8 Å². The third-order valence-corrected chi connectivity index (χ3v) is 8.64. The normalized spacial score (nSPS) is 14.9. The van der Waals surface area contributed by atoms with Crippen molar-refractivity contribution in [2.75, 3.05) is 13.1 Å². The molecule has 1 fully saturated rings. The quantitative estimate of drug-likeness (QED) is 0.286. The van der Waals surface area contributed by atoms with E-state index < -0.39 is 32.2 Å². The Bertz CT molecular complexity index is 1340. The van der Waals surface area contributed by atoms with Crippen molar-refractivity contribution in [3.05, 3.63) is 84.2 Å². The van der Waals surface area contributed by atoms with E-state index in [1.54, 1.807) is 18.2 Å². The van der Waals surface area contributed by atoms with Crippen LogP contribution in [0.4, 0.5) is 13.2 Å². The van der Waals surface area contributed by atoms with Crippen LogP contribution in [0.2, 0.25) is 0 Å². The lowest BCUT2D eigenvalue weighted by Crippen LogP contribution is -2.57. The third-order valence-electron chi connectivity index (χ3n) is 6.14. The van der Waals surface area contributed by atoms with Gasteiger partial charge in [0.15, 0.2) is 14.6 Å². The van der Waals surface area contributed by atoms with Crippen LogP contribution in [0, 0.1) is 0 Å². The van der Waals surface area contributed by atoms with Crippen LogP contribution in [-0.2, 0) is 27.4 Å². The van der Waals surface area contributed by atoms with Gasteiger partial charge in [-0.1, -0.05) is 6.07 Å². The minimum Gasteiger partial charge on any atom is -0.457 e. The number of amides is 1. The topological polar surface area (TPSA) is 109 Å². The summed E-state index contributed by atoms with van der Waals surface area (Å²) in [6.45, 7) is 0.249. The number of aromatic nitrogens is 1. The highest BCUT2D eigenvalue weighted by Gasteiger charge is 2.53. The van der Waals surface area contributed by atoms with Gasteiger partial charge in [-0.15, -0.1) is 24.8 Å². The number of piperidine rings is 1. The van der Waals surface area contributed by atoms with Crippen molar-refractivity contribution < 1.29 is 36.3 Å². The number of alkyl halides is 3. The Morgan fingerprint density at radius 2 is 1.54 bits per heavy atom. The Labute approximate surface area is 235 Å². The number of carbonyl (C=O) groups excluding carboxylic acids is 1. The number of nitrogens with one attached hydrogen (secondary N) is 1. The standard InChI is InChI=1S/C25H24F3N3O5S.2ClH/c26-25(27,28)18-4-6-20(7-5-18)36-21-8-10-22(11-9-21)37(34,35)24(12-15-29-16-13-24)23(32)31(33)17-19-3-1-2-14-30-19;;/h1-11,14,29,33H,12-13,15-17H2;2*1H. The lowest BCUT2D eigenvalue weighted by atomic mass is 9.95. The summed E-state index contributed by atoms with van der Waals surface area (Å²) < 4.78 is 69.4. The molecule has 2 N–H and O–H groups in total. The van der Waals surface area contributed by atoms with Gasteiger partial charge < -0.3 is 10.1 Å². The molecule has 1 aliphatic rings. The van der Waals surface area contributed by atoms with E-state index in [4.69, 9.17) is 4.74 Å². The van der Waals surface area contributed by atoms with E-state index in [-0.39, 0.29) is 73.7 Å². The van der Waals surface area contributed by atoms with Crippen molar-refractivity contribution in [3.63, 3.8) is 0 Å². The van der Waals surface area contributed by atoms with Crippen LogP contribution in [0.25, 0.3) is 0 Å². The fourth-order valence-electron chi connectivity index (χ4n) is 4.14. The molecule has 3 aromatic rings. The van der Waals surface area contributed by atoms with Gasteiger partial charge in [0.05, 0.1) is 22.7 Å². The summed E-state index contributed by atoms with van der Waals surface area (Å²) in [5.41, 5.74) is -0.427. The zero-order valence-corrected chi connectivity index (χ0v) is 22.7. The average Bonchev–Trinajstić information content (AvgIpc) is 2.89. The number of hydrogen-bond acceptors (Lipinski definition) is 7. The van der Waals surface area contributed by atoms with Crippen LogP contribution >= 0.6 is 24.8 Å². The van der Waals surface area contributed by atoms with Gasteiger partial charge in [-0.2, -0.15) is 13.2 Å². The molecule has 39 heavy (non-hydrogen) atoms. The third kappa shape index (κ3) is 7.00. The first-order valence-electron chi connectivity index (χ1n) is 11.3. The van der Waals surface area contributed by atoms with Gasteiger partial charge in [-0.25, -0.2) is 13.5 Å². The summed E-state index contributed by atoms with van der Waals surface area (Å²) in [6, 6.07) is 14.3. The molecule has 8 nitrogen and oxygen atoms in total. The van der Waals surface area contributed by atoms with Crippen LogP contribution < -0.4 is 10.1 Å². The fraction of sp³-hybridized carbons (Fsp3) is 0.280. The molecule has 1 amide bonds. The van der Waals surface area contributed by atoms with E-state index >= 15 is 0 Å². The number of rotatable bonds is 7. The summed E-state index contributed by atoms with van der Waals surface area (Å²) in [7, 11) is -4.26.